The Morgan fingerprint density at radius 2 is 1.97 bits per heavy atom. The second-order valence-corrected chi connectivity index (χ2v) is 9.55. The number of nitrogens with two attached hydrogens (primary N) is 1. The Morgan fingerprint density at radius 3 is 2.59 bits per heavy atom. The summed E-state index contributed by atoms with van der Waals surface area (Å²) in [5.41, 5.74) is 4.43. The number of rotatable bonds is 8. The van der Waals surface area contributed by atoms with Crippen molar-refractivity contribution in [1.82, 2.24) is 10.6 Å². The number of fused-ring (bicyclic) bond motifs is 1. The number of hydrogen-bond acceptors (Lipinski definition) is 7. The van der Waals surface area contributed by atoms with Crippen LogP contribution in [0.25, 0.3) is 0 Å². The molecule has 11 nitrogen and oxygen atoms in total. The van der Waals surface area contributed by atoms with Gasteiger partial charge in [0.15, 0.2) is 11.5 Å². The fraction of sp³-hybridized carbons (Fsp3) is 0.360. The van der Waals surface area contributed by atoms with Gasteiger partial charge >= 0.3 is 12.0 Å². The van der Waals surface area contributed by atoms with Gasteiger partial charge in [-0.15, -0.1) is 0 Å². The molecule has 196 valence electrons. The van der Waals surface area contributed by atoms with Gasteiger partial charge in [0.1, 0.15) is 5.54 Å². The molecular formula is C25H27ClN4O7. The first-order valence-electron chi connectivity index (χ1n) is 11.6. The van der Waals surface area contributed by atoms with Gasteiger partial charge in [0.05, 0.1) is 24.6 Å². The zero-order chi connectivity index (χ0) is 27.1. The zero-order valence-electron chi connectivity index (χ0n) is 20.2. The van der Waals surface area contributed by atoms with Crippen molar-refractivity contribution in [3.63, 3.8) is 0 Å². The van der Waals surface area contributed by atoms with Crippen LogP contribution in [-0.4, -0.2) is 53.2 Å². The number of carbonyl (C=O) groups is 4. The summed E-state index contributed by atoms with van der Waals surface area (Å²) in [5, 5.41) is 27.0. The third kappa shape index (κ3) is 4.34. The van der Waals surface area contributed by atoms with Crippen molar-refractivity contribution in [2.45, 2.75) is 31.3 Å². The number of aliphatic carboxylic acids is 1. The van der Waals surface area contributed by atoms with E-state index < -0.39 is 47.2 Å². The Morgan fingerprint density at radius 1 is 1.24 bits per heavy atom. The molecule has 4 atom stereocenters. The summed E-state index contributed by atoms with van der Waals surface area (Å²) in [6, 6.07) is 7.59. The molecule has 0 spiro atoms. The number of aromatic hydroxyl groups is 1. The number of carbonyl (C=O) groups excluding carboxylic acids is 3. The van der Waals surface area contributed by atoms with E-state index >= 15 is 0 Å². The summed E-state index contributed by atoms with van der Waals surface area (Å²) < 4.78 is 5.20. The maximum Gasteiger partial charge on any atom is 0.324 e. The van der Waals surface area contributed by atoms with Crippen LogP contribution in [0.1, 0.15) is 30.0 Å². The standard InChI is InChI=1S/C25H27ClN4O7/c1-12-7-8-13(11-15(12)26)30-21(32)17-18(22(30)33)25(23(34)35,9-4-10-28-24(27)36)29-19(17)14-5-3-6-16(37-2)20(14)31/h3,5-8,11,17-19,29,31H,4,9-10H2,1-2H3,(H,34,35)(H3,27,28,36). The van der Waals surface area contributed by atoms with E-state index in [9.17, 15) is 29.4 Å². The van der Waals surface area contributed by atoms with Crippen LogP contribution in [0.3, 0.4) is 0 Å². The van der Waals surface area contributed by atoms with Crippen molar-refractivity contribution in [1.29, 1.82) is 0 Å². The van der Waals surface area contributed by atoms with E-state index in [0.717, 1.165) is 10.5 Å². The van der Waals surface area contributed by atoms with Crippen molar-refractivity contribution in [3.05, 3.63) is 52.5 Å². The lowest BCUT2D eigenvalue weighted by Crippen LogP contribution is -2.56. The molecular weight excluding hydrogens is 504 g/mol. The van der Waals surface area contributed by atoms with Crippen molar-refractivity contribution >= 4 is 41.1 Å². The Bertz CT molecular complexity index is 1290. The number of anilines is 1. The maximum absolute atomic E-state index is 13.8. The molecule has 0 bridgehead atoms. The smallest absolute Gasteiger partial charge is 0.324 e. The largest absolute Gasteiger partial charge is 0.504 e. The van der Waals surface area contributed by atoms with Gasteiger partial charge in [-0.2, -0.15) is 0 Å². The molecule has 12 heteroatoms. The minimum absolute atomic E-state index is 0.0674. The number of primary amides is 1. The number of carboxylic acids is 1. The molecule has 2 aliphatic rings. The maximum atomic E-state index is 13.8. The van der Waals surface area contributed by atoms with Crippen LogP contribution >= 0.6 is 11.6 Å². The molecule has 2 heterocycles. The lowest BCUT2D eigenvalue weighted by Gasteiger charge is -2.31. The number of aryl methyl sites for hydroxylation is 1. The lowest BCUT2D eigenvalue weighted by atomic mass is 9.77. The van der Waals surface area contributed by atoms with Gasteiger partial charge in [0, 0.05) is 23.2 Å². The Balaban J connectivity index is 1.83. The normalized spacial score (nSPS) is 24.7. The molecule has 6 N–H and O–H groups in total. The number of imide groups is 1. The van der Waals surface area contributed by atoms with Crippen LogP contribution in [0.4, 0.5) is 10.5 Å². The van der Waals surface area contributed by atoms with Gasteiger partial charge in [-0.1, -0.05) is 29.8 Å². The molecule has 4 unspecified atom stereocenters. The van der Waals surface area contributed by atoms with E-state index in [1.165, 1.54) is 19.2 Å². The fourth-order valence-corrected chi connectivity index (χ4v) is 5.49. The van der Waals surface area contributed by atoms with Crippen molar-refractivity contribution in [2.75, 3.05) is 18.6 Å². The highest BCUT2D eigenvalue weighted by atomic mass is 35.5. The number of nitrogens with one attached hydrogen (secondary N) is 2. The summed E-state index contributed by atoms with van der Waals surface area (Å²) in [7, 11) is 1.37. The third-order valence-electron chi connectivity index (χ3n) is 7.08. The molecule has 4 rings (SSSR count). The SMILES string of the molecule is COc1cccc(C2NC(CCCNC(N)=O)(C(=O)O)C3C(=O)N(c4ccc(C)c(Cl)c4)C(=O)C23)c1O. The number of benzene rings is 2. The second-order valence-electron chi connectivity index (χ2n) is 9.14. The number of methoxy groups -OCH3 is 1. The summed E-state index contributed by atoms with van der Waals surface area (Å²) in [5.74, 6) is -5.24. The topological polar surface area (TPSA) is 171 Å². The zero-order valence-corrected chi connectivity index (χ0v) is 20.9. The number of halogens is 1. The summed E-state index contributed by atoms with van der Waals surface area (Å²) in [4.78, 5) is 52.5. The first-order valence-corrected chi connectivity index (χ1v) is 12.0. The van der Waals surface area contributed by atoms with E-state index in [2.05, 4.69) is 10.6 Å². The highest BCUT2D eigenvalue weighted by molar-refractivity contribution is 6.32. The van der Waals surface area contributed by atoms with E-state index in [1.807, 2.05) is 0 Å². The predicted octanol–water partition coefficient (Wildman–Crippen LogP) is 2.08. The highest BCUT2D eigenvalue weighted by Crippen LogP contribution is 2.53. The highest BCUT2D eigenvalue weighted by Gasteiger charge is 2.68. The predicted molar refractivity (Wildman–Crippen MR) is 133 cm³/mol. The number of nitrogens with zero attached hydrogens (tertiary/aromatic N) is 1. The molecule has 2 saturated heterocycles. The number of urea groups is 1. The monoisotopic (exact) mass is 530 g/mol. The average molecular weight is 531 g/mol. The number of carboxylic acid groups (broad SMARTS) is 1. The van der Waals surface area contributed by atoms with Crippen LogP contribution in [0, 0.1) is 18.8 Å². The third-order valence-corrected chi connectivity index (χ3v) is 7.49. The van der Waals surface area contributed by atoms with Crippen molar-refractivity contribution in [3.8, 4) is 11.5 Å². The first kappa shape index (κ1) is 26.2. The minimum atomic E-state index is -1.87. The summed E-state index contributed by atoms with van der Waals surface area (Å²) in [6.07, 6.45) is 0.0482. The minimum Gasteiger partial charge on any atom is -0.504 e. The number of phenols is 1. The van der Waals surface area contributed by atoms with E-state index in [4.69, 9.17) is 22.1 Å². The lowest BCUT2D eigenvalue weighted by molar-refractivity contribution is -0.149. The van der Waals surface area contributed by atoms with Gasteiger partial charge in [-0.05, 0) is 43.5 Å². The van der Waals surface area contributed by atoms with Gasteiger partial charge in [-0.3, -0.25) is 19.7 Å². The molecule has 4 amide bonds. The fourth-order valence-electron chi connectivity index (χ4n) is 5.31. The molecule has 2 aliphatic heterocycles. The van der Waals surface area contributed by atoms with Crippen LogP contribution < -0.4 is 26.0 Å². The molecule has 2 fully saturated rings. The summed E-state index contributed by atoms with van der Waals surface area (Å²) in [6.45, 7) is 1.84. The molecule has 37 heavy (non-hydrogen) atoms. The average Bonchev–Trinajstić information content (AvgIpc) is 3.33. The number of amides is 4. The number of ether oxygens (including phenoxy) is 1. The molecule has 2 aromatic carbocycles. The Hall–Kier alpha value is -3.83. The Labute approximate surface area is 217 Å². The van der Waals surface area contributed by atoms with Gasteiger partial charge in [-0.25, -0.2) is 9.69 Å². The van der Waals surface area contributed by atoms with Crippen molar-refractivity contribution < 1.29 is 34.1 Å². The van der Waals surface area contributed by atoms with Crippen molar-refractivity contribution in [2.24, 2.45) is 17.6 Å². The van der Waals surface area contributed by atoms with Gasteiger partial charge in [0.2, 0.25) is 11.8 Å². The second kappa shape index (κ2) is 9.91. The van der Waals surface area contributed by atoms with Gasteiger partial charge < -0.3 is 26.0 Å². The summed E-state index contributed by atoms with van der Waals surface area (Å²) >= 11 is 6.26. The molecule has 0 aromatic heterocycles. The van der Waals surface area contributed by atoms with Crippen LogP contribution in [-0.2, 0) is 14.4 Å². The molecule has 0 saturated carbocycles. The molecule has 0 radical (unpaired) electrons. The van der Waals surface area contributed by atoms with Crippen LogP contribution in [0.15, 0.2) is 36.4 Å². The molecule has 2 aromatic rings. The van der Waals surface area contributed by atoms with E-state index in [0.29, 0.717) is 5.02 Å². The number of phenolic OH excluding ortho intramolecular Hbond substituents is 1. The number of para-hydroxylation sites is 1. The van der Waals surface area contributed by atoms with Crippen LogP contribution in [0.2, 0.25) is 5.02 Å². The Kier molecular flexibility index (Phi) is 7.03. The quantitative estimate of drug-likeness (QED) is 0.255. The number of hydrogen-bond donors (Lipinski definition) is 5. The first-order chi connectivity index (χ1) is 17.5. The molecule has 0 aliphatic carbocycles. The van der Waals surface area contributed by atoms with E-state index in [-0.39, 0.29) is 42.1 Å². The van der Waals surface area contributed by atoms with Gasteiger partial charge in [0.25, 0.3) is 0 Å². The van der Waals surface area contributed by atoms with E-state index in [1.54, 1.807) is 31.2 Å². The van der Waals surface area contributed by atoms with Crippen LogP contribution in [0.5, 0.6) is 11.5 Å².